The number of hydrogen-bond acceptors (Lipinski definition) is 1. The number of halogens is 12. The van der Waals surface area contributed by atoms with Crippen molar-refractivity contribution >= 4 is 12.6 Å². The molecule has 0 atom stereocenters. The molecule has 0 fully saturated rings. The number of rotatable bonds is 5. The largest absolute Gasteiger partial charge is 0.387 e. The van der Waals surface area contributed by atoms with E-state index in [1.165, 1.54) is 0 Å². The van der Waals surface area contributed by atoms with Crippen molar-refractivity contribution in [2.75, 3.05) is 0 Å². The van der Waals surface area contributed by atoms with E-state index in [2.05, 4.69) is 0 Å². The van der Waals surface area contributed by atoms with E-state index in [4.69, 9.17) is 0 Å². The minimum atomic E-state index is -7.51. The first-order valence-electron chi connectivity index (χ1n) is 4.24. The highest BCUT2D eigenvalue weighted by Crippen LogP contribution is 2.60. The molecule has 0 aliphatic carbocycles. The summed E-state index contributed by atoms with van der Waals surface area (Å²) in [5.74, 6) is -35.0. The van der Waals surface area contributed by atoms with E-state index >= 15 is 0 Å². The third-order valence-corrected chi connectivity index (χ3v) is 2.39. The predicted octanol–water partition coefficient (Wildman–Crippen LogP) is 4.71. The minimum absolute atomic E-state index is 0.964. The fourth-order valence-corrected chi connectivity index (χ4v) is 0.999. The summed E-state index contributed by atoms with van der Waals surface area (Å²) in [6.45, 7) is -0.964. The summed E-state index contributed by atoms with van der Waals surface area (Å²) in [4.78, 5) is 0. The van der Waals surface area contributed by atoms with Gasteiger partial charge in [-0.15, -0.1) is 0 Å². The molecule has 13 heteroatoms. The molecule has 0 spiro atoms. The Labute approximate surface area is 108 Å². The Bertz CT molecular complexity index is 325. The Morgan fingerprint density at radius 1 is 0.500 bits per heavy atom. The van der Waals surface area contributed by atoms with Crippen LogP contribution in [0.3, 0.4) is 0 Å². The predicted molar refractivity (Wildman–Crippen MR) is 44.3 cm³/mol. The van der Waals surface area contributed by atoms with Gasteiger partial charge in [0.1, 0.15) is 0 Å². The van der Waals surface area contributed by atoms with Crippen LogP contribution in [-0.2, 0) is 0 Å². The van der Waals surface area contributed by atoms with Gasteiger partial charge in [0.2, 0.25) is 0 Å². The van der Waals surface area contributed by atoms with Crippen LogP contribution in [0.15, 0.2) is 0 Å². The second-order valence-electron chi connectivity index (χ2n) is 3.73. The van der Waals surface area contributed by atoms with Gasteiger partial charge in [-0.25, -0.2) is 0 Å². The molecule has 0 aromatic rings. The molecule has 122 valence electrons. The third-order valence-electron chi connectivity index (χ3n) is 2.11. The highest BCUT2D eigenvalue weighted by Gasteiger charge is 2.89. The van der Waals surface area contributed by atoms with Gasteiger partial charge < -0.3 is 0 Å². The van der Waals surface area contributed by atoms with Gasteiger partial charge in [0, 0.05) is 6.92 Å². The van der Waals surface area contributed by atoms with Gasteiger partial charge in [-0.1, -0.05) is 12.6 Å². The van der Waals surface area contributed by atoms with Crippen LogP contribution in [0.25, 0.3) is 0 Å². The Balaban J connectivity index is 6.08. The Morgan fingerprint density at radius 3 is 0.950 bits per heavy atom. The summed E-state index contributed by atoms with van der Waals surface area (Å²) < 4.78 is 149. The standard InChI is InChI=1S/C7H4F12S/c1-2(8,9)3(10,11)4(12,13)5(14,15)6(16,17)7(18,19)20/h20H,1H3. The number of hydrogen-bond donors (Lipinski definition) is 1. The summed E-state index contributed by atoms with van der Waals surface area (Å²) in [7, 11) is 0. The summed E-state index contributed by atoms with van der Waals surface area (Å²) in [6.07, 6.45) is 0. The van der Waals surface area contributed by atoms with Crippen molar-refractivity contribution in [1.29, 1.82) is 0 Å². The molecule has 0 N–H and O–H groups in total. The first kappa shape index (κ1) is 19.5. The van der Waals surface area contributed by atoms with Gasteiger partial charge in [-0.3, -0.25) is 0 Å². The van der Waals surface area contributed by atoms with Gasteiger partial charge in [-0.2, -0.15) is 52.7 Å². The lowest BCUT2D eigenvalue weighted by molar-refractivity contribution is -0.413. The Hall–Kier alpha value is -0.490. The van der Waals surface area contributed by atoms with Crippen molar-refractivity contribution in [2.45, 2.75) is 41.8 Å². The zero-order chi connectivity index (χ0) is 17.0. The zero-order valence-electron chi connectivity index (χ0n) is 8.98. The minimum Gasteiger partial charge on any atom is -0.200 e. The van der Waals surface area contributed by atoms with Crippen LogP contribution in [0.4, 0.5) is 52.7 Å². The number of alkyl halides is 12. The molecule has 0 saturated heterocycles. The Morgan fingerprint density at radius 2 is 0.750 bits per heavy atom. The smallest absolute Gasteiger partial charge is 0.200 e. The van der Waals surface area contributed by atoms with Crippen molar-refractivity contribution in [1.82, 2.24) is 0 Å². The van der Waals surface area contributed by atoms with Crippen molar-refractivity contribution in [3.63, 3.8) is 0 Å². The molecular weight excluding hydrogens is 344 g/mol. The number of thiol groups is 1. The molecule has 0 aliphatic rings. The molecular formula is C7H4F12S. The molecule has 0 nitrogen and oxygen atoms in total. The molecule has 20 heavy (non-hydrogen) atoms. The summed E-state index contributed by atoms with van der Waals surface area (Å²) in [5.41, 5.74) is 0. The SMILES string of the molecule is CC(F)(F)C(F)(F)C(F)(F)C(F)(F)C(F)(F)C(F)(F)S. The van der Waals surface area contributed by atoms with Crippen LogP contribution >= 0.6 is 12.6 Å². The van der Waals surface area contributed by atoms with Crippen molar-refractivity contribution < 1.29 is 52.7 Å². The molecule has 0 aromatic carbocycles. The van der Waals surface area contributed by atoms with E-state index in [1.54, 1.807) is 12.6 Å². The molecule has 0 radical (unpaired) electrons. The van der Waals surface area contributed by atoms with Gasteiger partial charge in [0.05, 0.1) is 0 Å². The molecule has 0 unspecified atom stereocenters. The van der Waals surface area contributed by atoms with Crippen LogP contribution < -0.4 is 0 Å². The van der Waals surface area contributed by atoms with Crippen molar-refractivity contribution in [3.05, 3.63) is 0 Å². The lowest BCUT2D eigenvalue weighted by Crippen LogP contribution is -2.69. The maximum absolute atomic E-state index is 12.7. The van der Waals surface area contributed by atoms with E-state index < -0.39 is 41.8 Å². The molecule has 0 amide bonds. The van der Waals surface area contributed by atoms with Gasteiger partial charge in [0.15, 0.2) is 0 Å². The van der Waals surface area contributed by atoms with Gasteiger partial charge >= 0.3 is 34.9 Å². The zero-order valence-corrected chi connectivity index (χ0v) is 9.88. The lowest BCUT2D eigenvalue weighted by Gasteiger charge is -2.39. The second kappa shape index (κ2) is 4.50. The van der Waals surface area contributed by atoms with Crippen LogP contribution in [0, 0.1) is 0 Å². The van der Waals surface area contributed by atoms with E-state index in [0.717, 1.165) is 0 Å². The van der Waals surface area contributed by atoms with Crippen LogP contribution in [0.5, 0.6) is 0 Å². The summed E-state index contributed by atoms with van der Waals surface area (Å²) >= 11 is 1.60. The highest BCUT2D eigenvalue weighted by atomic mass is 32.1. The van der Waals surface area contributed by atoms with E-state index in [0.29, 0.717) is 0 Å². The fourth-order valence-electron chi connectivity index (χ4n) is 0.859. The molecule has 0 aromatic heterocycles. The quantitative estimate of drug-likeness (QED) is 0.540. The van der Waals surface area contributed by atoms with E-state index in [9.17, 15) is 52.7 Å². The summed E-state index contributed by atoms with van der Waals surface area (Å²) in [6, 6.07) is 0. The van der Waals surface area contributed by atoms with Gasteiger partial charge in [0.25, 0.3) is 0 Å². The topological polar surface area (TPSA) is 0 Å². The van der Waals surface area contributed by atoms with E-state index in [-0.39, 0.29) is 0 Å². The van der Waals surface area contributed by atoms with Crippen LogP contribution in [0.1, 0.15) is 6.92 Å². The summed E-state index contributed by atoms with van der Waals surface area (Å²) in [5, 5.41) is -6.17. The molecule has 0 rings (SSSR count). The van der Waals surface area contributed by atoms with Crippen molar-refractivity contribution in [3.8, 4) is 0 Å². The first-order valence-corrected chi connectivity index (χ1v) is 4.69. The molecule has 0 heterocycles. The molecule has 0 saturated carbocycles. The second-order valence-corrected chi connectivity index (χ2v) is 4.29. The fraction of sp³-hybridized carbons (Fsp3) is 1.00. The van der Waals surface area contributed by atoms with E-state index in [1.807, 2.05) is 0 Å². The molecule has 0 bridgehead atoms. The normalized spacial score (nSPS) is 16.5. The molecule has 0 aliphatic heterocycles. The monoisotopic (exact) mass is 348 g/mol. The maximum Gasteiger partial charge on any atom is 0.387 e. The van der Waals surface area contributed by atoms with Gasteiger partial charge in [-0.05, 0) is 0 Å². The maximum atomic E-state index is 12.7. The third kappa shape index (κ3) is 2.41. The highest BCUT2D eigenvalue weighted by molar-refractivity contribution is 7.81. The average Bonchev–Trinajstić information content (AvgIpc) is 2.12. The van der Waals surface area contributed by atoms with Crippen LogP contribution in [0.2, 0.25) is 0 Å². The van der Waals surface area contributed by atoms with Crippen molar-refractivity contribution in [2.24, 2.45) is 0 Å². The lowest BCUT2D eigenvalue weighted by atomic mass is 9.95. The first-order chi connectivity index (χ1) is 8.25. The van der Waals surface area contributed by atoms with Crippen LogP contribution in [-0.4, -0.2) is 34.9 Å². The average molecular weight is 348 g/mol. The Kier molecular flexibility index (Phi) is 4.39.